The van der Waals surface area contributed by atoms with Crippen LogP contribution in [0.2, 0.25) is 0 Å². The summed E-state index contributed by atoms with van der Waals surface area (Å²) in [6.45, 7) is 0. The molecule has 1 heterocycles. The van der Waals surface area contributed by atoms with Crippen LogP contribution in [-0.2, 0) is 4.74 Å². The highest BCUT2D eigenvalue weighted by Gasteiger charge is 2.28. The second-order valence-corrected chi connectivity index (χ2v) is 4.18. The Hall–Kier alpha value is -1.62. The number of aromatic nitrogens is 1. The van der Waals surface area contributed by atoms with Gasteiger partial charge < -0.3 is 15.4 Å². The standard InChI is InChI=1S/C12H17N3O2/c1-13-12(16)11-7-8(3-4-14-11)15-9-5-10(6-9)17-2/h3-4,7,9-10H,5-6H2,1-2H3,(H,13,16)(H,14,15). The average molecular weight is 235 g/mol. The van der Waals surface area contributed by atoms with E-state index >= 15 is 0 Å². The summed E-state index contributed by atoms with van der Waals surface area (Å²) >= 11 is 0. The first-order chi connectivity index (χ1) is 8.22. The van der Waals surface area contributed by atoms with E-state index in [0.717, 1.165) is 18.5 Å². The van der Waals surface area contributed by atoms with Crippen molar-refractivity contribution < 1.29 is 9.53 Å². The van der Waals surface area contributed by atoms with Crippen molar-refractivity contribution in [2.75, 3.05) is 19.5 Å². The van der Waals surface area contributed by atoms with Crippen molar-refractivity contribution in [1.29, 1.82) is 0 Å². The molecule has 1 saturated carbocycles. The molecule has 1 aromatic rings. The van der Waals surface area contributed by atoms with Gasteiger partial charge in [0.05, 0.1) is 6.10 Å². The molecule has 1 fully saturated rings. The predicted octanol–water partition coefficient (Wildman–Crippen LogP) is 1.03. The molecule has 0 saturated heterocycles. The van der Waals surface area contributed by atoms with E-state index in [1.807, 2.05) is 6.07 Å². The lowest BCUT2D eigenvalue weighted by Crippen LogP contribution is -2.40. The smallest absolute Gasteiger partial charge is 0.269 e. The van der Waals surface area contributed by atoms with Gasteiger partial charge in [-0.2, -0.15) is 0 Å². The summed E-state index contributed by atoms with van der Waals surface area (Å²) in [6, 6.07) is 4.06. The van der Waals surface area contributed by atoms with Crippen LogP contribution < -0.4 is 10.6 Å². The van der Waals surface area contributed by atoms with Gasteiger partial charge in [-0.25, -0.2) is 0 Å². The highest BCUT2D eigenvalue weighted by molar-refractivity contribution is 5.92. The van der Waals surface area contributed by atoms with Gasteiger partial charge in [0.25, 0.3) is 5.91 Å². The summed E-state index contributed by atoms with van der Waals surface area (Å²) in [6.07, 6.45) is 4.02. The van der Waals surface area contributed by atoms with E-state index in [-0.39, 0.29) is 5.91 Å². The van der Waals surface area contributed by atoms with E-state index in [2.05, 4.69) is 15.6 Å². The van der Waals surface area contributed by atoms with E-state index in [1.54, 1.807) is 26.4 Å². The second kappa shape index (κ2) is 5.14. The van der Waals surface area contributed by atoms with E-state index in [0.29, 0.717) is 17.8 Å². The van der Waals surface area contributed by atoms with Crippen LogP contribution >= 0.6 is 0 Å². The highest BCUT2D eigenvalue weighted by atomic mass is 16.5. The SMILES string of the molecule is CNC(=O)c1cc(NC2CC(OC)C2)ccn1. The van der Waals surface area contributed by atoms with Crippen molar-refractivity contribution in [2.45, 2.75) is 25.0 Å². The number of methoxy groups -OCH3 is 1. The van der Waals surface area contributed by atoms with Crippen LogP contribution in [0.1, 0.15) is 23.3 Å². The Labute approximate surface area is 101 Å². The van der Waals surface area contributed by atoms with E-state index in [1.165, 1.54) is 0 Å². The monoisotopic (exact) mass is 235 g/mol. The lowest BCUT2D eigenvalue weighted by Gasteiger charge is -2.35. The fourth-order valence-corrected chi connectivity index (χ4v) is 1.88. The topological polar surface area (TPSA) is 63.2 Å². The van der Waals surface area contributed by atoms with Crippen LogP contribution in [0.25, 0.3) is 0 Å². The minimum absolute atomic E-state index is 0.169. The zero-order valence-corrected chi connectivity index (χ0v) is 10.1. The summed E-state index contributed by atoms with van der Waals surface area (Å²) in [5.74, 6) is -0.169. The Bertz CT molecular complexity index is 402. The van der Waals surface area contributed by atoms with Crippen molar-refractivity contribution in [2.24, 2.45) is 0 Å². The van der Waals surface area contributed by atoms with Gasteiger partial charge in [0.2, 0.25) is 0 Å². The van der Waals surface area contributed by atoms with Crippen molar-refractivity contribution in [3.63, 3.8) is 0 Å². The number of amides is 1. The van der Waals surface area contributed by atoms with Gasteiger partial charge in [0.1, 0.15) is 5.69 Å². The number of carbonyl (C=O) groups is 1. The molecule has 0 spiro atoms. The summed E-state index contributed by atoms with van der Waals surface area (Å²) in [5.41, 5.74) is 1.36. The summed E-state index contributed by atoms with van der Waals surface area (Å²) in [5, 5.41) is 5.92. The van der Waals surface area contributed by atoms with Crippen LogP contribution in [0.3, 0.4) is 0 Å². The normalized spacial score (nSPS) is 22.7. The minimum Gasteiger partial charge on any atom is -0.382 e. The van der Waals surface area contributed by atoms with Crippen LogP contribution in [0.4, 0.5) is 5.69 Å². The van der Waals surface area contributed by atoms with E-state index < -0.39 is 0 Å². The molecule has 0 radical (unpaired) electrons. The zero-order chi connectivity index (χ0) is 12.3. The fourth-order valence-electron chi connectivity index (χ4n) is 1.88. The van der Waals surface area contributed by atoms with Crippen molar-refractivity contribution in [1.82, 2.24) is 10.3 Å². The Morgan fingerprint density at radius 1 is 1.53 bits per heavy atom. The molecule has 1 amide bonds. The molecule has 1 aromatic heterocycles. The minimum atomic E-state index is -0.169. The molecule has 92 valence electrons. The molecular formula is C12H17N3O2. The first-order valence-electron chi connectivity index (χ1n) is 5.70. The van der Waals surface area contributed by atoms with Crippen molar-refractivity contribution >= 4 is 11.6 Å². The molecule has 1 aliphatic carbocycles. The number of hydrogen-bond acceptors (Lipinski definition) is 4. The van der Waals surface area contributed by atoms with Gasteiger partial charge >= 0.3 is 0 Å². The molecule has 17 heavy (non-hydrogen) atoms. The van der Waals surface area contributed by atoms with E-state index in [4.69, 9.17) is 4.74 Å². The van der Waals surface area contributed by atoms with Gasteiger partial charge in [-0.15, -0.1) is 0 Å². The fraction of sp³-hybridized carbons (Fsp3) is 0.500. The Morgan fingerprint density at radius 2 is 2.29 bits per heavy atom. The van der Waals surface area contributed by atoms with Crippen molar-refractivity contribution in [3.8, 4) is 0 Å². The number of hydrogen-bond donors (Lipinski definition) is 2. The number of carbonyl (C=O) groups excluding carboxylic acids is 1. The third-order valence-corrected chi connectivity index (χ3v) is 3.02. The lowest BCUT2D eigenvalue weighted by atomic mass is 9.89. The number of pyridine rings is 1. The second-order valence-electron chi connectivity index (χ2n) is 4.18. The molecule has 0 atom stereocenters. The molecule has 1 aliphatic rings. The number of anilines is 1. The first kappa shape index (κ1) is 11.9. The van der Waals surface area contributed by atoms with Gasteiger partial charge in [0.15, 0.2) is 0 Å². The van der Waals surface area contributed by atoms with Crippen LogP contribution in [0.5, 0.6) is 0 Å². The largest absolute Gasteiger partial charge is 0.382 e. The third kappa shape index (κ3) is 2.74. The summed E-state index contributed by atoms with van der Waals surface area (Å²) in [4.78, 5) is 15.4. The number of nitrogens with one attached hydrogen (secondary N) is 2. The molecule has 5 nitrogen and oxygen atoms in total. The molecule has 0 unspecified atom stereocenters. The van der Waals surface area contributed by atoms with Gasteiger partial charge in [-0.3, -0.25) is 9.78 Å². The summed E-state index contributed by atoms with van der Waals surface area (Å²) in [7, 11) is 3.33. The molecule has 2 N–H and O–H groups in total. The molecule has 2 rings (SSSR count). The van der Waals surface area contributed by atoms with Crippen LogP contribution in [-0.4, -0.2) is 37.2 Å². The molecule has 0 aliphatic heterocycles. The quantitative estimate of drug-likeness (QED) is 0.818. The Balaban J connectivity index is 1.95. The average Bonchev–Trinajstić information content (AvgIpc) is 2.32. The Kier molecular flexibility index (Phi) is 3.58. The van der Waals surface area contributed by atoms with Gasteiger partial charge in [-0.1, -0.05) is 0 Å². The number of rotatable bonds is 4. The highest BCUT2D eigenvalue weighted by Crippen LogP contribution is 2.26. The van der Waals surface area contributed by atoms with Gasteiger partial charge in [0, 0.05) is 32.1 Å². The number of nitrogens with zero attached hydrogens (tertiary/aromatic N) is 1. The molecule has 0 aromatic carbocycles. The zero-order valence-electron chi connectivity index (χ0n) is 10.1. The third-order valence-electron chi connectivity index (χ3n) is 3.02. The van der Waals surface area contributed by atoms with Crippen LogP contribution in [0.15, 0.2) is 18.3 Å². The van der Waals surface area contributed by atoms with E-state index in [9.17, 15) is 4.79 Å². The molecule has 5 heteroatoms. The Morgan fingerprint density at radius 3 is 2.94 bits per heavy atom. The van der Waals surface area contributed by atoms with Crippen molar-refractivity contribution in [3.05, 3.63) is 24.0 Å². The first-order valence-corrected chi connectivity index (χ1v) is 5.70. The summed E-state index contributed by atoms with van der Waals surface area (Å²) < 4.78 is 5.22. The van der Waals surface area contributed by atoms with Gasteiger partial charge in [-0.05, 0) is 25.0 Å². The maximum Gasteiger partial charge on any atom is 0.269 e. The lowest BCUT2D eigenvalue weighted by molar-refractivity contribution is 0.0328. The number of ether oxygens (including phenoxy) is 1. The van der Waals surface area contributed by atoms with Crippen LogP contribution in [0, 0.1) is 0 Å². The molecular weight excluding hydrogens is 218 g/mol. The molecule has 0 bridgehead atoms. The predicted molar refractivity (Wildman–Crippen MR) is 65.1 cm³/mol. The maximum atomic E-state index is 11.4. The maximum absolute atomic E-state index is 11.4.